The molecule has 3 atom stereocenters. The number of nitrogens with two attached hydrogens (primary N) is 1. The first-order valence-electron chi connectivity index (χ1n) is 9.83. The molecule has 0 aliphatic heterocycles. The molecule has 1 aromatic carbocycles. The molecule has 0 spiro atoms. The van der Waals surface area contributed by atoms with Crippen molar-refractivity contribution in [1.82, 2.24) is 5.32 Å². The van der Waals surface area contributed by atoms with Gasteiger partial charge >= 0.3 is 0 Å². The van der Waals surface area contributed by atoms with Crippen LogP contribution in [0.25, 0.3) is 0 Å². The Morgan fingerprint density at radius 3 is 2.33 bits per heavy atom. The van der Waals surface area contributed by atoms with E-state index in [1.54, 1.807) is 24.3 Å². The largest absolute Gasteiger partial charge is 0.508 e. The molecule has 4 bridgehead atoms. The summed E-state index contributed by atoms with van der Waals surface area (Å²) in [6, 6.07) is 5.74. The van der Waals surface area contributed by atoms with E-state index in [9.17, 15) is 19.8 Å². The highest BCUT2D eigenvalue weighted by Crippen LogP contribution is 2.62. The molecule has 4 aliphatic carbocycles. The number of aliphatic hydroxyl groups is 1. The summed E-state index contributed by atoms with van der Waals surface area (Å²) in [6.45, 7) is 0. The monoisotopic (exact) mass is 372 g/mol. The van der Waals surface area contributed by atoms with Gasteiger partial charge in [0, 0.05) is 12.8 Å². The number of primary amides is 1. The number of carbonyl (C=O) groups is 2. The molecule has 6 nitrogen and oxygen atoms in total. The van der Waals surface area contributed by atoms with Crippen LogP contribution in [-0.4, -0.2) is 33.7 Å². The van der Waals surface area contributed by atoms with Crippen molar-refractivity contribution in [3.63, 3.8) is 0 Å². The number of phenols is 1. The molecule has 0 unspecified atom stereocenters. The smallest absolute Gasteiger partial charge is 0.240 e. The highest BCUT2D eigenvalue weighted by molar-refractivity contribution is 5.87. The zero-order chi connectivity index (χ0) is 19.2. The van der Waals surface area contributed by atoms with E-state index in [1.807, 2.05) is 0 Å². The van der Waals surface area contributed by atoms with Crippen molar-refractivity contribution in [3.05, 3.63) is 29.8 Å². The molecule has 1 aromatic rings. The van der Waals surface area contributed by atoms with E-state index in [4.69, 9.17) is 5.73 Å². The van der Waals surface area contributed by atoms with E-state index < -0.39 is 17.6 Å². The third kappa shape index (κ3) is 3.81. The summed E-state index contributed by atoms with van der Waals surface area (Å²) in [5, 5.41) is 23.0. The minimum atomic E-state index is -0.779. The number of amides is 2. The number of aromatic hydroxyl groups is 1. The van der Waals surface area contributed by atoms with Crippen LogP contribution >= 0.6 is 0 Å². The molecule has 4 aliphatic rings. The zero-order valence-electron chi connectivity index (χ0n) is 15.5. The number of hydrogen-bond acceptors (Lipinski definition) is 4. The van der Waals surface area contributed by atoms with Crippen LogP contribution in [0.5, 0.6) is 5.75 Å². The summed E-state index contributed by atoms with van der Waals surface area (Å²) in [6.07, 6.45) is 6.26. The fourth-order valence-corrected chi connectivity index (χ4v) is 6.29. The first-order valence-corrected chi connectivity index (χ1v) is 9.83. The molecule has 0 saturated heterocycles. The van der Waals surface area contributed by atoms with Crippen LogP contribution in [0.1, 0.15) is 50.5 Å². The van der Waals surface area contributed by atoms with Gasteiger partial charge in [-0.3, -0.25) is 9.59 Å². The van der Waals surface area contributed by atoms with Crippen LogP contribution in [0, 0.1) is 17.3 Å². The first kappa shape index (κ1) is 18.3. The van der Waals surface area contributed by atoms with E-state index in [0.29, 0.717) is 31.1 Å². The Morgan fingerprint density at radius 2 is 1.78 bits per heavy atom. The fourth-order valence-electron chi connectivity index (χ4n) is 6.29. The van der Waals surface area contributed by atoms with Gasteiger partial charge in [-0.15, -0.1) is 0 Å². The summed E-state index contributed by atoms with van der Waals surface area (Å²) in [5.74, 6) is 0.461. The quantitative estimate of drug-likeness (QED) is 0.608. The van der Waals surface area contributed by atoms with Crippen molar-refractivity contribution >= 4 is 11.8 Å². The zero-order valence-corrected chi connectivity index (χ0v) is 15.5. The highest BCUT2D eigenvalue weighted by atomic mass is 16.3. The molecule has 0 aromatic heterocycles. The van der Waals surface area contributed by atoms with Crippen LogP contribution in [0.4, 0.5) is 0 Å². The van der Waals surface area contributed by atoms with Gasteiger partial charge in [0.15, 0.2) is 0 Å². The van der Waals surface area contributed by atoms with Crippen LogP contribution in [0.15, 0.2) is 24.3 Å². The van der Waals surface area contributed by atoms with Crippen LogP contribution in [-0.2, 0) is 16.0 Å². The van der Waals surface area contributed by atoms with Crippen molar-refractivity contribution < 1.29 is 19.8 Å². The lowest BCUT2D eigenvalue weighted by atomic mass is 9.47. The maximum absolute atomic E-state index is 12.8. The second-order valence-electron chi connectivity index (χ2n) is 9.26. The fraction of sp³-hybridized carbons (Fsp3) is 0.619. The van der Waals surface area contributed by atoms with Crippen molar-refractivity contribution in [3.8, 4) is 5.75 Å². The van der Waals surface area contributed by atoms with Gasteiger partial charge in [0.1, 0.15) is 11.8 Å². The normalized spacial score (nSPS) is 35.0. The number of rotatable bonds is 6. The minimum absolute atomic E-state index is 0.135. The lowest BCUT2D eigenvalue weighted by Gasteiger charge is -2.60. The van der Waals surface area contributed by atoms with Gasteiger partial charge in [0.2, 0.25) is 11.8 Å². The van der Waals surface area contributed by atoms with Crippen LogP contribution < -0.4 is 11.1 Å². The third-order valence-corrected chi connectivity index (χ3v) is 6.74. The second-order valence-corrected chi connectivity index (χ2v) is 9.26. The molecule has 2 amide bonds. The highest BCUT2D eigenvalue weighted by Gasteiger charge is 2.57. The predicted molar refractivity (Wildman–Crippen MR) is 99.6 cm³/mol. The van der Waals surface area contributed by atoms with E-state index in [0.717, 1.165) is 31.2 Å². The second kappa shape index (κ2) is 6.51. The van der Waals surface area contributed by atoms with E-state index in [2.05, 4.69) is 5.32 Å². The molecule has 6 heteroatoms. The predicted octanol–water partition coefficient (Wildman–Crippen LogP) is 1.63. The van der Waals surface area contributed by atoms with Crippen LogP contribution in [0.2, 0.25) is 0 Å². The van der Waals surface area contributed by atoms with Crippen molar-refractivity contribution in [1.29, 1.82) is 0 Å². The van der Waals surface area contributed by atoms with Gasteiger partial charge in [-0.05, 0) is 73.5 Å². The van der Waals surface area contributed by atoms with E-state index >= 15 is 0 Å². The van der Waals surface area contributed by atoms with E-state index in [1.165, 1.54) is 6.42 Å². The summed E-state index contributed by atoms with van der Waals surface area (Å²) in [5.41, 5.74) is 5.59. The average Bonchev–Trinajstić information content (AvgIpc) is 2.53. The lowest BCUT2D eigenvalue weighted by Crippen LogP contribution is -2.57. The van der Waals surface area contributed by atoms with Crippen molar-refractivity contribution in [2.45, 2.75) is 63.0 Å². The number of nitrogens with one attached hydrogen (secondary N) is 1. The molecule has 4 fully saturated rings. The van der Waals surface area contributed by atoms with Gasteiger partial charge in [-0.1, -0.05) is 12.1 Å². The van der Waals surface area contributed by atoms with Crippen LogP contribution in [0.3, 0.4) is 0 Å². The summed E-state index contributed by atoms with van der Waals surface area (Å²) >= 11 is 0. The van der Waals surface area contributed by atoms with Gasteiger partial charge in [0.05, 0.1) is 5.60 Å². The average molecular weight is 372 g/mol. The molecule has 5 rings (SSSR count). The first-order chi connectivity index (χ1) is 12.7. The molecular weight excluding hydrogens is 344 g/mol. The van der Waals surface area contributed by atoms with Crippen molar-refractivity contribution in [2.24, 2.45) is 23.0 Å². The summed E-state index contributed by atoms with van der Waals surface area (Å²) < 4.78 is 0. The Morgan fingerprint density at radius 1 is 1.15 bits per heavy atom. The lowest BCUT2D eigenvalue weighted by molar-refractivity contribution is -0.169. The molecular formula is C21H28N2O4. The molecule has 146 valence electrons. The van der Waals surface area contributed by atoms with Gasteiger partial charge in [-0.25, -0.2) is 0 Å². The minimum Gasteiger partial charge on any atom is -0.508 e. The molecule has 5 N–H and O–H groups in total. The molecule has 27 heavy (non-hydrogen) atoms. The Kier molecular flexibility index (Phi) is 4.41. The van der Waals surface area contributed by atoms with Gasteiger partial charge < -0.3 is 21.3 Å². The Hall–Kier alpha value is -2.08. The van der Waals surface area contributed by atoms with Gasteiger partial charge in [-0.2, -0.15) is 0 Å². The Bertz CT molecular complexity index is 731. The number of carbonyl (C=O) groups excluding carboxylic acids is 2. The third-order valence-electron chi connectivity index (χ3n) is 6.74. The summed E-state index contributed by atoms with van der Waals surface area (Å²) in [7, 11) is 0. The Balaban J connectivity index is 1.41. The van der Waals surface area contributed by atoms with Gasteiger partial charge in [0.25, 0.3) is 0 Å². The van der Waals surface area contributed by atoms with Crippen molar-refractivity contribution in [2.75, 3.05) is 0 Å². The maximum atomic E-state index is 12.8. The maximum Gasteiger partial charge on any atom is 0.240 e. The number of phenolic OH excluding ortho intramolecular Hbond substituents is 1. The molecule has 0 heterocycles. The summed E-state index contributed by atoms with van der Waals surface area (Å²) in [4.78, 5) is 24.6. The topological polar surface area (TPSA) is 113 Å². The Labute approximate surface area is 159 Å². The number of benzene rings is 1. The van der Waals surface area contributed by atoms with E-state index in [-0.39, 0.29) is 17.1 Å². The molecule has 4 saturated carbocycles. The SMILES string of the molecule is NC(=O)[C@H](Cc1ccc(O)cc1)NC(=O)CC12C[C@H]3C[C@@H](CC(O)(C3)C1)C2. The standard InChI is InChI=1S/C21H28N2O4/c22-19(26)17(6-13-1-3-16(24)4-2-13)23-18(25)11-20-7-14-5-15(8-20)10-21(27,9-14)12-20/h1-4,14-15,17,24,27H,5-12H2,(H2,22,26)(H,23,25)/t14-,15-,17+,20?,21?/m1/s1. The molecule has 0 radical (unpaired) electrons. The number of hydrogen-bond donors (Lipinski definition) is 4.